The molecule has 1 saturated heterocycles. The number of allylic oxidation sites excluding steroid dienone is 1. The van der Waals surface area contributed by atoms with E-state index in [1.54, 1.807) is 4.68 Å². The molecule has 10 heteroatoms. The second-order valence-corrected chi connectivity index (χ2v) is 8.17. The van der Waals surface area contributed by atoms with Gasteiger partial charge in [-0.05, 0) is 50.1 Å². The van der Waals surface area contributed by atoms with E-state index in [2.05, 4.69) is 10.4 Å². The number of primary amides is 1. The van der Waals surface area contributed by atoms with Gasteiger partial charge in [-0.3, -0.25) is 5.32 Å². The van der Waals surface area contributed by atoms with Crippen LogP contribution in [0.3, 0.4) is 0 Å². The van der Waals surface area contributed by atoms with Crippen LogP contribution < -0.4 is 16.8 Å². The fourth-order valence-electron chi connectivity index (χ4n) is 3.95. The van der Waals surface area contributed by atoms with E-state index in [1.165, 1.54) is 24.5 Å². The Bertz CT molecular complexity index is 1200. The van der Waals surface area contributed by atoms with Gasteiger partial charge in [0.1, 0.15) is 17.5 Å². The first-order valence-electron chi connectivity index (χ1n) is 11.0. The van der Waals surface area contributed by atoms with Crippen LogP contribution in [0, 0.1) is 30.9 Å². The van der Waals surface area contributed by atoms with Crippen molar-refractivity contribution in [1.82, 2.24) is 14.7 Å². The monoisotopic (exact) mass is 481 g/mol. The summed E-state index contributed by atoms with van der Waals surface area (Å²) in [6, 6.07) is 12.6. The van der Waals surface area contributed by atoms with Crippen molar-refractivity contribution in [2.24, 2.45) is 11.5 Å². The van der Waals surface area contributed by atoms with Crippen molar-refractivity contribution in [3.8, 4) is 5.69 Å². The quantitative estimate of drug-likeness (QED) is 0.408. The third kappa shape index (κ3) is 6.23. The molecule has 1 aliphatic heterocycles. The third-order valence-electron chi connectivity index (χ3n) is 5.83. The molecule has 2 amide bonds. The Labute approximate surface area is 202 Å². The Morgan fingerprint density at radius 3 is 2.40 bits per heavy atom. The van der Waals surface area contributed by atoms with E-state index in [9.17, 15) is 13.6 Å². The van der Waals surface area contributed by atoms with Crippen LogP contribution in [0.15, 0.2) is 60.4 Å². The van der Waals surface area contributed by atoms with Gasteiger partial charge < -0.3 is 21.8 Å². The van der Waals surface area contributed by atoms with E-state index < -0.39 is 17.7 Å². The van der Waals surface area contributed by atoms with Crippen LogP contribution in [0.5, 0.6) is 0 Å². The summed E-state index contributed by atoms with van der Waals surface area (Å²) in [5, 5.41) is 14.2. The van der Waals surface area contributed by atoms with Crippen molar-refractivity contribution in [3.05, 3.63) is 88.9 Å². The van der Waals surface area contributed by atoms with Gasteiger partial charge in [0.15, 0.2) is 0 Å². The molecule has 0 bridgehead atoms. The number of urea groups is 1. The maximum absolute atomic E-state index is 13.1. The average molecular weight is 482 g/mol. The Hall–Kier alpha value is -4.21. The number of hydrogen-bond donors (Lipinski definition) is 4. The zero-order valence-electron chi connectivity index (χ0n) is 19.6. The molecule has 0 saturated carbocycles. The number of hydrogen-bond acceptors (Lipinski definition) is 5. The number of carbonyl (C=O) groups excluding carboxylic acids is 1. The second kappa shape index (κ2) is 11.3. The molecule has 2 aromatic carbocycles. The summed E-state index contributed by atoms with van der Waals surface area (Å²) in [5.74, 6) is -0.415. The van der Waals surface area contributed by atoms with Crippen LogP contribution in [0.25, 0.3) is 5.69 Å². The predicted molar refractivity (Wildman–Crippen MR) is 133 cm³/mol. The average Bonchev–Trinajstić information content (AvgIpc) is 3.41. The molecule has 4 rings (SSSR count). The first-order valence-corrected chi connectivity index (χ1v) is 11.0. The van der Waals surface area contributed by atoms with Crippen LogP contribution in [-0.2, 0) is 0 Å². The lowest BCUT2D eigenvalue weighted by atomic mass is 9.98. The summed E-state index contributed by atoms with van der Waals surface area (Å²) in [5.41, 5.74) is 14.5. The fourth-order valence-corrected chi connectivity index (χ4v) is 3.95. The lowest BCUT2D eigenvalue weighted by Crippen LogP contribution is -2.21. The highest BCUT2D eigenvalue weighted by Gasteiger charge is 2.25. The molecule has 6 N–H and O–H groups in total. The Balaban J connectivity index is 0.000000196. The van der Waals surface area contributed by atoms with Gasteiger partial charge in [0, 0.05) is 43.1 Å². The van der Waals surface area contributed by atoms with Crippen molar-refractivity contribution in [3.63, 3.8) is 0 Å². The minimum Gasteiger partial charge on any atom is -0.403 e. The van der Waals surface area contributed by atoms with Crippen LogP contribution >= 0.6 is 0 Å². The van der Waals surface area contributed by atoms with Crippen LogP contribution in [0.2, 0.25) is 0 Å². The van der Waals surface area contributed by atoms with E-state index in [-0.39, 0.29) is 5.92 Å². The number of aryl methyl sites for hydroxylation is 1. The summed E-state index contributed by atoms with van der Waals surface area (Å²) in [6.07, 6.45) is 3.37. The Morgan fingerprint density at radius 1 is 1.17 bits per heavy atom. The molecule has 0 spiro atoms. The number of nitrogens with one attached hydrogen (secondary N) is 2. The highest BCUT2D eigenvalue weighted by molar-refractivity contribution is 5.88. The number of carbonyl (C=O) groups is 1. The number of likely N-dealkylation sites (tertiary alicyclic amines) is 1. The maximum Gasteiger partial charge on any atom is 0.317 e. The lowest BCUT2D eigenvalue weighted by Gasteiger charge is -2.18. The van der Waals surface area contributed by atoms with Gasteiger partial charge in [-0.2, -0.15) is 5.10 Å². The van der Waals surface area contributed by atoms with E-state index >= 15 is 0 Å². The molecule has 35 heavy (non-hydrogen) atoms. The van der Waals surface area contributed by atoms with E-state index in [0.717, 1.165) is 36.0 Å². The van der Waals surface area contributed by atoms with Crippen molar-refractivity contribution in [1.29, 1.82) is 5.41 Å². The molecule has 1 unspecified atom stereocenters. The number of benzene rings is 2. The molecule has 1 fully saturated rings. The third-order valence-corrected chi connectivity index (χ3v) is 5.83. The van der Waals surface area contributed by atoms with Gasteiger partial charge in [0.05, 0.1) is 17.1 Å². The topological polar surface area (TPSA) is 126 Å². The summed E-state index contributed by atoms with van der Waals surface area (Å²) < 4.78 is 28.0. The normalized spacial score (nSPS) is 15.4. The zero-order valence-corrected chi connectivity index (χ0v) is 19.6. The minimum absolute atomic E-state index is 0.0742. The second-order valence-electron chi connectivity index (χ2n) is 8.17. The maximum atomic E-state index is 13.1. The number of anilines is 1. The molecule has 0 aliphatic carbocycles. The highest BCUT2D eigenvalue weighted by atomic mass is 19.1. The van der Waals surface area contributed by atoms with Gasteiger partial charge in [0.2, 0.25) is 0 Å². The molecule has 3 aromatic rings. The standard InChI is InChI=1S/C13H15F2N3.C12H14N4O/c14-11-3-10(4-12(15)5-11)9-1-2-18(8-9)13(6-16)7-17;1-8-9(2)15-16(11(8)14-12(13)17)10-6-4-3-5-7-10/h3-7,9,16H,1-2,8,17H2;3-7H,1-2H3,(H3,13,14,17)/b13-7+,16-6?;. The summed E-state index contributed by atoms with van der Waals surface area (Å²) in [7, 11) is 0. The first kappa shape index (κ1) is 25.4. The number of aromatic nitrogens is 2. The molecular formula is C25H29F2N7O. The molecule has 1 aliphatic rings. The van der Waals surface area contributed by atoms with Gasteiger partial charge in [0.25, 0.3) is 0 Å². The van der Waals surface area contributed by atoms with Crippen molar-refractivity contribution < 1.29 is 13.6 Å². The summed E-state index contributed by atoms with van der Waals surface area (Å²) in [4.78, 5) is 12.9. The number of halogens is 2. The van der Waals surface area contributed by atoms with Gasteiger partial charge in [-0.25, -0.2) is 18.3 Å². The van der Waals surface area contributed by atoms with Gasteiger partial charge in [-0.1, -0.05) is 18.2 Å². The van der Waals surface area contributed by atoms with E-state index in [4.69, 9.17) is 16.9 Å². The highest BCUT2D eigenvalue weighted by Crippen LogP contribution is 2.29. The number of nitrogens with two attached hydrogens (primary N) is 2. The molecule has 1 atom stereocenters. The minimum atomic E-state index is -0.592. The van der Waals surface area contributed by atoms with Gasteiger partial charge in [-0.15, -0.1) is 0 Å². The summed E-state index contributed by atoms with van der Waals surface area (Å²) in [6.45, 7) is 5.15. The van der Waals surface area contributed by atoms with Crippen LogP contribution in [0.1, 0.15) is 29.2 Å². The van der Waals surface area contributed by atoms with E-state index in [1.807, 2.05) is 49.1 Å². The smallest absolute Gasteiger partial charge is 0.317 e. The molecular weight excluding hydrogens is 452 g/mol. The van der Waals surface area contributed by atoms with Gasteiger partial charge >= 0.3 is 6.03 Å². The largest absolute Gasteiger partial charge is 0.403 e. The first-order chi connectivity index (χ1) is 16.7. The van der Waals surface area contributed by atoms with Crippen LogP contribution in [0.4, 0.5) is 19.4 Å². The number of rotatable bonds is 5. The number of amides is 2. The number of nitrogens with zero attached hydrogens (tertiary/aromatic N) is 3. The SMILES string of the molecule is Cc1nn(-c2ccccc2)c(NC(N)=O)c1C.N=C/C(=C\N)N1CCC(c2cc(F)cc(F)c2)C1. The molecule has 0 radical (unpaired) electrons. The summed E-state index contributed by atoms with van der Waals surface area (Å²) >= 11 is 0. The van der Waals surface area contributed by atoms with Crippen molar-refractivity contribution in [2.45, 2.75) is 26.2 Å². The molecule has 2 heterocycles. The van der Waals surface area contributed by atoms with Crippen molar-refractivity contribution >= 4 is 18.1 Å². The Morgan fingerprint density at radius 2 is 1.83 bits per heavy atom. The van der Waals surface area contributed by atoms with E-state index in [0.29, 0.717) is 23.6 Å². The lowest BCUT2D eigenvalue weighted by molar-refractivity contribution is 0.259. The zero-order chi connectivity index (χ0) is 25.5. The Kier molecular flexibility index (Phi) is 8.19. The fraction of sp³-hybridized carbons (Fsp3) is 0.240. The molecule has 1 aromatic heterocycles. The molecule has 8 nitrogen and oxygen atoms in total. The molecule has 184 valence electrons. The van der Waals surface area contributed by atoms with Crippen LogP contribution in [-0.4, -0.2) is 40.0 Å². The van der Waals surface area contributed by atoms with Crippen molar-refractivity contribution in [2.75, 3.05) is 18.4 Å². The predicted octanol–water partition coefficient (Wildman–Crippen LogP) is 4.18. The number of para-hydroxylation sites is 1.